The Morgan fingerprint density at radius 1 is 0.733 bits per heavy atom. The number of fused-ring (bicyclic) bond motifs is 1. The Balaban J connectivity index is 1.19. The highest BCUT2D eigenvalue weighted by molar-refractivity contribution is 7.22. The van der Waals surface area contributed by atoms with E-state index in [1.807, 2.05) is 56.3 Å². The van der Waals surface area contributed by atoms with Gasteiger partial charge in [-0.3, -0.25) is 4.90 Å². The highest BCUT2D eigenvalue weighted by Crippen LogP contribution is 2.49. The van der Waals surface area contributed by atoms with Crippen LogP contribution in [0.1, 0.15) is 78.0 Å². The highest BCUT2D eigenvalue weighted by Gasteiger charge is 2.40. The number of aliphatic hydroxyl groups excluding tert-OH is 1. The van der Waals surface area contributed by atoms with Crippen LogP contribution >= 0.6 is 11.3 Å². The summed E-state index contributed by atoms with van der Waals surface area (Å²) >= 11 is 1.64. The number of nitrogens with zero attached hydrogens (tertiary/aromatic N) is 1. The molecule has 0 radical (unpaired) electrons. The molecule has 3 heterocycles. The van der Waals surface area contributed by atoms with Crippen LogP contribution in [0, 0.1) is 0 Å². The number of hydrogen-bond donors (Lipinski definition) is 1. The van der Waals surface area contributed by atoms with Crippen LogP contribution < -0.4 is 14.2 Å². The molecule has 8 heteroatoms. The predicted molar refractivity (Wildman–Crippen MR) is 239 cm³/mol. The average molecular weight is 818 g/mol. The minimum Gasteiger partial charge on any atom is -0.496 e. The van der Waals surface area contributed by atoms with Gasteiger partial charge < -0.3 is 28.8 Å². The number of aliphatic hydroxyl groups is 1. The van der Waals surface area contributed by atoms with Crippen molar-refractivity contribution in [2.45, 2.75) is 57.3 Å². The zero-order valence-electron chi connectivity index (χ0n) is 34.4. The van der Waals surface area contributed by atoms with Gasteiger partial charge in [-0.05, 0) is 98.8 Å². The molecule has 2 aliphatic rings. The molecule has 0 aliphatic carbocycles. The van der Waals surface area contributed by atoms with Crippen LogP contribution in [0.4, 0.5) is 0 Å². The van der Waals surface area contributed by atoms with Crippen molar-refractivity contribution >= 4 is 21.4 Å². The second-order valence-corrected chi connectivity index (χ2v) is 16.9. The van der Waals surface area contributed by atoms with Gasteiger partial charge in [-0.1, -0.05) is 103 Å². The number of benzene rings is 6. The van der Waals surface area contributed by atoms with E-state index in [-0.39, 0.29) is 6.10 Å². The summed E-state index contributed by atoms with van der Waals surface area (Å²) < 4.78 is 33.1. The van der Waals surface area contributed by atoms with E-state index in [0.29, 0.717) is 19.0 Å². The maximum atomic E-state index is 12.5. The molecule has 2 saturated heterocycles. The first-order valence-corrected chi connectivity index (χ1v) is 21.8. The average Bonchev–Trinajstić information content (AvgIpc) is 4.09. The van der Waals surface area contributed by atoms with Crippen molar-refractivity contribution in [2.75, 3.05) is 33.4 Å². The van der Waals surface area contributed by atoms with Gasteiger partial charge >= 0.3 is 0 Å². The van der Waals surface area contributed by atoms with Crippen molar-refractivity contribution in [3.8, 4) is 27.7 Å². The quantitative estimate of drug-likeness (QED) is 0.110. The summed E-state index contributed by atoms with van der Waals surface area (Å²) in [6.45, 7) is 8.00. The Morgan fingerprint density at radius 2 is 1.37 bits per heavy atom. The van der Waals surface area contributed by atoms with Gasteiger partial charge in [0.2, 0.25) is 0 Å². The van der Waals surface area contributed by atoms with E-state index in [1.54, 1.807) is 18.4 Å². The predicted octanol–water partition coefficient (Wildman–Crippen LogP) is 11.5. The van der Waals surface area contributed by atoms with Crippen molar-refractivity contribution in [3.63, 3.8) is 0 Å². The molecule has 0 spiro atoms. The standard InChI is InChI=1S/C52H51NO6S/c1-35(2)58-42-24-25-43-47(33-42)60-50(48(43)49(54)36-21-22-38(46(32-36)55-3)34-53-27-13-14-28-53)37-23-26-45(44(31-37)51-56-29-30-57-51)59-52(39-15-7-4-8-16-39,40-17-9-5-10-18-40)41-19-11-6-12-20-41/h4-12,15-26,31-33,35,49,51,54H,13-14,27-30,34H2,1-3H3. The second-order valence-electron chi connectivity index (χ2n) is 15.8. The fourth-order valence-corrected chi connectivity index (χ4v) is 9.96. The lowest BCUT2D eigenvalue weighted by atomic mass is 9.80. The molecule has 7 nitrogen and oxygen atoms in total. The molecule has 1 unspecified atom stereocenters. The molecule has 7 aromatic rings. The van der Waals surface area contributed by atoms with Crippen molar-refractivity contribution in [1.29, 1.82) is 0 Å². The van der Waals surface area contributed by atoms with E-state index in [9.17, 15) is 5.11 Å². The summed E-state index contributed by atoms with van der Waals surface area (Å²) in [6.07, 6.45) is 0.869. The number of methoxy groups -OCH3 is 1. The van der Waals surface area contributed by atoms with Crippen molar-refractivity contribution in [2.24, 2.45) is 0 Å². The Hall–Kier alpha value is -5.48. The number of thiophene rings is 1. The molecule has 0 bridgehead atoms. The summed E-state index contributed by atoms with van der Waals surface area (Å²) in [4.78, 5) is 3.40. The Labute approximate surface area is 356 Å². The molecule has 0 amide bonds. The fourth-order valence-electron chi connectivity index (χ4n) is 8.70. The monoisotopic (exact) mass is 817 g/mol. The molecular weight excluding hydrogens is 767 g/mol. The first kappa shape index (κ1) is 40.0. The molecule has 1 aromatic heterocycles. The van der Waals surface area contributed by atoms with E-state index >= 15 is 0 Å². The molecule has 1 N–H and O–H groups in total. The van der Waals surface area contributed by atoms with Crippen molar-refractivity contribution < 1.29 is 28.8 Å². The Morgan fingerprint density at radius 3 is 1.97 bits per heavy atom. The van der Waals surface area contributed by atoms with Crippen LogP contribution in [-0.2, 0) is 21.6 Å². The maximum absolute atomic E-state index is 12.5. The van der Waals surface area contributed by atoms with E-state index < -0.39 is 18.0 Å². The highest BCUT2D eigenvalue weighted by atomic mass is 32.1. The molecule has 9 rings (SSSR count). The van der Waals surface area contributed by atoms with E-state index in [2.05, 4.69) is 108 Å². The van der Waals surface area contributed by atoms with Crippen molar-refractivity contribution in [1.82, 2.24) is 4.90 Å². The fraction of sp³-hybridized carbons (Fsp3) is 0.269. The molecule has 306 valence electrons. The number of likely N-dealkylation sites (tertiary alicyclic amines) is 1. The second kappa shape index (κ2) is 17.6. The third-order valence-electron chi connectivity index (χ3n) is 11.5. The third kappa shape index (κ3) is 7.94. The third-order valence-corrected chi connectivity index (χ3v) is 12.7. The smallest absolute Gasteiger partial charge is 0.187 e. The Bertz CT molecular complexity index is 2430. The number of hydrogen-bond acceptors (Lipinski definition) is 8. The topological polar surface area (TPSA) is 69.6 Å². The summed E-state index contributed by atoms with van der Waals surface area (Å²) in [6, 6.07) is 49.6. The minimum absolute atomic E-state index is 0.0229. The normalized spacial score (nSPS) is 15.5. The molecule has 1 atom stereocenters. The van der Waals surface area contributed by atoms with Crippen LogP contribution in [0.25, 0.3) is 20.5 Å². The van der Waals surface area contributed by atoms with Crippen LogP contribution in [0.5, 0.6) is 17.2 Å². The van der Waals surface area contributed by atoms with E-state index in [1.165, 1.54) is 12.8 Å². The van der Waals surface area contributed by atoms with E-state index in [0.717, 1.165) is 90.6 Å². The molecule has 0 saturated carbocycles. The summed E-state index contributed by atoms with van der Waals surface area (Å²) in [5, 5.41) is 13.5. The summed E-state index contributed by atoms with van der Waals surface area (Å²) in [5.74, 6) is 2.21. The largest absolute Gasteiger partial charge is 0.496 e. The molecule has 2 fully saturated rings. The van der Waals surface area contributed by atoms with Gasteiger partial charge in [0.15, 0.2) is 11.9 Å². The van der Waals surface area contributed by atoms with Crippen LogP contribution in [0.15, 0.2) is 146 Å². The van der Waals surface area contributed by atoms with Gasteiger partial charge in [0.25, 0.3) is 0 Å². The lowest BCUT2D eigenvalue weighted by molar-refractivity contribution is -0.0469. The Kier molecular flexibility index (Phi) is 11.7. The zero-order valence-corrected chi connectivity index (χ0v) is 35.2. The lowest BCUT2D eigenvalue weighted by Crippen LogP contribution is -2.36. The molecule has 2 aliphatic heterocycles. The number of ether oxygens (including phenoxy) is 5. The molecular formula is C52H51NO6S. The first-order chi connectivity index (χ1) is 29.4. The van der Waals surface area contributed by atoms with Crippen LogP contribution in [0.2, 0.25) is 0 Å². The van der Waals surface area contributed by atoms with Gasteiger partial charge in [-0.15, -0.1) is 11.3 Å². The van der Waals surface area contributed by atoms with Crippen LogP contribution in [-0.4, -0.2) is 49.5 Å². The minimum atomic E-state index is -1.01. The first-order valence-electron chi connectivity index (χ1n) is 20.9. The van der Waals surface area contributed by atoms with Gasteiger partial charge in [0, 0.05) is 43.9 Å². The lowest BCUT2D eigenvalue weighted by Gasteiger charge is -2.37. The molecule has 60 heavy (non-hydrogen) atoms. The molecule has 6 aromatic carbocycles. The van der Waals surface area contributed by atoms with Crippen molar-refractivity contribution in [3.05, 3.63) is 185 Å². The van der Waals surface area contributed by atoms with E-state index in [4.69, 9.17) is 23.7 Å². The van der Waals surface area contributed by atoms with Gasteiger partial charge in [0.1, 0.15) is 23.4 Å². The zero-order chi connectivity index (χ0) is 41.1. The SMILES string of the molecule is COc1cc(C(O)c2c(-c3ccc(OC(c4ccccc4)(c4ccccc4)c4ccccc4)c(C4OCCO4)c3)sc3cc(OC(C)C)ccc23)ccc1CN1CCCC1. The van der Waals surface area contributed by atoms with Gasteiger partial charge in [-0.25, -0.2) is 0 Å². The number of rotatable bonds is 14. The van der Waals surface area contributed by atoms with Gasteiger partial charge in [0.05, 0.1) is 32.0 Å². The maximum Gasteiger partial charge on any atom is 0.187 e. The van der Waals surface area contributed by atoms with Crippen LogP contribution in [0.3, 0.4) is 0 Å². The van der Waals surface area contributed by atoms with Gasteiger partial charge in [-0.2, -0.15) is 0 Å². The summed E-state index contributed by atoms with van der Waals surface area (Å²) in [7, 11) is 1.71. The summed E-state index contributed by atoms with van der Waals surface area (Å²) in [5.41, 5.74) is 6.35.